The van der Waals surface area contributed by atoms with Gasteiger partial charge in [-0.1, -0.05) is 12.1 Å². The van der Waals surface area contributed by atoms with Gasteiger partial charge in [0.15, 0.2) is 12.0 Å². The van der Waals surface area contributed by atoms with E-state index in [1.807, 2.05) is 0 Å². The lowest BCUT2D eigenvalue weighted by Gasteiger charge is -2.01. The van der Waals surface area contributed by atoms with Crippen molar-refractivity contribution < 1.29 is 18.3 Å². The molecule has 2 aromatic rings. The highest BCUT2D eigenvalue weighted by Crippen LogP contribution is 2.23. The first kappa shape index (κ1) is 13.2. The topological polar surface area (TPSA) is 90.4 Å². The number of aldehydes is 1. The molecule has 0 aliphatic carbocycles. The molecular weight excluding hydrogens is 270 g/mol. The number of carbonyl (C=O) groups excluding carboxylic acids is 1. The molecule has 7 heteroatoms. The summed E-state index contributed by atoms with van der Waals surface area (Å²) in [5.74, 6) is 0.465. The lowest BCUT2D eigenvalue weighted by Crippen LogP contribution is -2.00. The smallest absolute Gasteiger partial charge is 0.285 e. The molecule has 1 unspecified atom stereocenters. The van der Waals surface area contributed by atoms with E-state index in [0.717, 1.165) is 0 Å². The number of benzene rings is 1. The highest BCUT2D eigenvalue weighted by atomic mass is 32.2. The zero-order valence-corrected chi connectivity index (χ0v) is 10.5. The Morgan fingerprint density at radius 1 is 1.26 bits per heavy atom. The Morgan fingerprint density at radius 2 is 2.00 bits per heavy atom. The van der Waals surface area contributed by atoms with Crippen molar-refractivity contribution in [1.82, 2.24) is 0 Å². The second kappa shape index (κ2) is 5.57. The molecule has 0 aliphatic heterocycles. The van der Waals surface area contributed by atoms with Gasteiger partial charge in [0.25, 0.3) is 5.69 Å². The fourth-order valence-electron chi connectivity index (χ4n) is 1.54. The van der Waals surface area contributed by atoms with Crippen LogP contribution in [0.1, 0.15) is 16.3 Å². The van der Waals surface area contributed by atoms with Crippen LogP contribution in [-0.4, -0.2) is 15.4 Å². The van der Waals surface area contributed by atoms with Gasteiger partial charge in [0.2, 0.25) is 0 Å². The second-order valence-electron chi connectivity index (χ2n) is 3.64. The SMILES string of the molecule is O=Cc1ccc(CS(=O)c2ccccc2[N+](=O)[O-])o1. The summed E-state index contributed by atoms with van der Waals surface area (Å²) in [6.45, 7) is 0. The highest BCUT2D eigenvalue weighted by molar-refractivity contribution is 7.84. The number of rotatable bonds is 5. The van der Waals surface area contributed by atoms with Gasteiger partial charge in [-0.3, -0.25) is 19.1 Å². The molecule has 0 bridgehead atoms. The Labute approximate surface area is 110 Å². The summed E-state index contributed by atoms with van der Waals surface area (Å²) in [7, 11) is -1.61. The molecule has 6 nitrogen and oxygen atoms in total. The van der Waals surface area contributed by atoms with Gasteiger partial charge in [-0.25, -0.2) is 0 Å². The Balaban J connectivity index is 2.25. The van der Waals surface area contributed by atoms with Gasteiger partial charge >= 0.3 is 0 Å². The van der Waals surface area contributed by atoms with Gasteiger partial charge in [-0.05, 0) is 18.2 Å². The van der Waals surface area contributed by atoms with Crippen LogP contribution in [0.5, 0.6) is 0 Å². The predicted molar refractivity (Wildman–Crippen MR) is 67.3 cm³/mol. The number of furan rings is 1. The van der Waals surface area contributed by atoms with Crippen LogP contribution in [0.15, 0.2) is 45.7 Å². The third-order valence-electron chi connectivity index (χ3n) is 2.38. The summed E-state index contributed by atoms with van der Waals surface area (Å²) in [6, 6.07) is 8.81. The van der Waals surface area contributed by atoms with Crippen molar-refractivity contribution in [1.29, 1.82) is 0 Å². The monoisotopic (exact) mass is 279 g/mol. The summed E-state index contributed by atoms with van der Waals surface area (Å²) < 4.78 is 17.2. The largest absolute Gasteiger partial charge is 0.457 e. The lowest BCUT2D eigenvalue weighted by molar-refractivity contribution is -0.387. The molecular formula is C12H9NO5S. The Kier molecular flexibility index (Phi) is 3.86. The zero-order chi connectivity index (χ0) is 13.8. The summed E-state index contributed by atoms with van der Waals surface area (Å²) in [6.07, 6.45) is 0.539. The van der Waals surface area contributed by atoms with E-state index in [2.05, 4.69) is 0 Å². The van der Waals surface area contributed by atoms with E-state index in [1.54, 1.807) is 6.07 Å². The molecule has 0 saturated heterocycles. The van der Waals surface area contributed by atoms with Crippen LogP contribution in [0, 0.1) is 10.1 Å². The minimum atomic E-state index is -1.61. The average Bonchev–Trinajstić information content (AvgIpc) is 2.86. The summed E-state index contributed by atoms with van der Waals surface area (Å²) in [5, 5.41) is 10.8. The molecule has 0 amide bonds. The number of hydrogen-bond donors (Lipinski definition) is 0. The second-order valence-corrected chi connectivity index (χ2v) is 5.06. The maximum absolute atomic E-state index is 12.1. The molecule has 0 fully saturated rings. The van der Waals surface area contributed by atoms with E-state index in [9.17, 15) is 19.1 Å². The summed E-state index contributed by atoms with van der Waals surface area (Å²) in [4.78, 5) is 20.8. The molecule has 19 heavy (non-hydrogen) atoms. The standard InChI is InChI=1S/C12H9NO5S/c14-7-9-5-6-10(18-9)8-19(17)12-4-2-1-3-11(12)13(15)16/h1-7H,8H2. The van der Waals surface area contributed by atoms with Crippen molar-refractivity contribution in [2.75, 3.05) is 0 Å². The maximum Gasteiger partial charge on any atom is 0.285 e. The fourth-order valence-corrected chi connectivity index (χ4v) is 2.72. The predicted octanol–water partition coefficient (Wildman–Crippen LogP) is 2.31. The molecule has 0 radical (unpaired) electrons. The lowest BCUT2D eigenvalue weighted by atomic mass is 10.3. The Hall–Kier alpha value is -2.28. The van der Waals surface area contributed by atoms with Crippen LogP contribution in [0.2, 0.25) is 0 Å². The summed E-state index contributed by atoms with van der Waals surface area (Å²) in [5.41, 5.74) is -0.192. The molecule has 0 N–H and O–H groups in total. The summed E-state index contributed by atoms with van der Waals surface area (Å²) >= 11 is 0. The molecule has 1 aromatic heterocycles. The Bertz CT molecular complexity index is 649. The van der Waals surface area contributed by atoms with Crippen LogP contribution in [0.3, 0.4) is 0 Å². The molecule has 1 atom stereocenters. The van der Waals surface area contributed by atoms with E-state index in [-0.39, 0.29) is 22.1 Å². The molecule has 2 rings (SSSR count). The first-order chi connectivity index (χ1) is 9.11. The maximum atomic E-state index is 12.1. The molecule has 0 spiro atoms. The number of nitro groups is 1. The van der Waals surface area contributed by atoms with Crippen molar-refractivity contribution >= 4 is 22.8 Å². The van der Waals surface area contributed by atoms with Crippen LogP contribution >= 0.6 is 0 Å². The van der Waals surface area contributed by atoms with Crippen LogP contribution in [0.25, 0.3) is 0 Å². The van der Waals surface area contributed by atoms with E-state index >= 15 is 0 Å². The van der Waals surface area contributed by atoms with Gasteiger partial charge in [-0.2, -0.15) is 0 Å². The normalized spacial score (nSPS) is 12.0. The number of carbonyl (C=O) groups is 1. The molecule has 98 valence electrons. The third kappa shape index (κ3) is 2.94. The van der Waals surface area contributed by atoms with E-state index in [4.69, 9.17) is 4.42 Å². The molecule has 1 heterocycles. The number of nitro benzene ring substituents is 1. The first-order valence-corrected chi connectivity index (χ1v) is 6.59. The molecule has 0 aliphatic rings. The van der Waals surface area contributed by atoms with E-state index in [1.165, 1.54) is 30.3 Å². The third-order valence-corrected chi connectivity index (χ3v) is 3.76. The van der Waals surface area contributed by atoms with Crippen LogP contribution in [0.4, 0.5) is 5.69 Å². The van der Waals surface area contributed by atoms with Gasteiger partial charge in [-0.15, -0.1) is 0 Å². The van der Waals surface area contributed by atoms with Gasteiger partial charge in [0.1, 0.15) is 10.7 Å². The van der Waals surface area contributed by atoms with Crippen molar-refractivity contribution in [2.24, 2.45) is 0 Å². The molecule has 0 saturated carbocycles. The fraction of sp³-hybridized carbons (Fsp3) is 0.0833. The van der Waals surface area contributed by atoms with Crippen molar-refractivity contribution in [3.63, 3.8) is 0 Å². The first-order valence-electron chi connectivity index (χ1n) is 5.27. The van der Waals surface area contributed by atoms with E-state index in [0.29, 0.717) is 12.0 Å². The quantitative estimate of drug-likeness (QED) is 0.476. The number of hydrogen-bond acceptors (Lipinski definition) is 5. The van der Waals surface area contributed by atoms with Crippen molar-refractivity contribution in [2.45, 2.75) is 10.6 Å². The zero-order valence-electron chi connectivity index (χ0n) is 9.65. The van der Waals surface area contributed by atoms with Gasteiger partial charge < -0.3 is 4.42 Å². The van der Waals surface area contributed by atoms with Gasteiger partial charge in [0, 0.05) is 6.07 Å². The number of para-hydroxylation sites is 1. The van der Waals surface area contributed by atoms with Gasteiger partial charge in [0.05, 0.1) is 21.5 Å². The van der Waals surface area contributed by atoms with Crippen LogP contribution < -0.4 is 0 Å². The number of nitrogens with zero attached hydrogens (tertiary/aromatic N) is 1. The Morgan fingerprint density at radius 3 is 2.63 bits per heavy atom. The minimum Gasteiger partial charge on any atom is -0.457 e. The highest BCUT2D eigenvalue weighted by Gasteiger charge is 2.19. The average molecular weight is 279 g/mol. The van der Waals surface area contributed by atoms with Crippen molar-refractivity contribution in [3.8, 4) is 0 Å². The minimum absolute atomic E-state index is 0.0152. The van der Waals surface area contributed by atoms with Crippen LogP contribution in [-0.2, 0) is 16.6 Å². The van der Waals surface area contributed by atoms with E-state index < -0.39 is 15.7 Å². The molecule has 1 aromatic carbocycles. The van der Waals surface area contributed by atoms with Crippen molar-refractivity contribution in [3.05, 3.63) is 58.0 Å².